The number of sulfonamides is 1. The Labute approximate surface area is 192 Å². The molecule has 0 radical (unpaired) electrons. The zero-order valence-corrected chi connectivity index (χ0v) is 18.6. The normalized spacial score (nSPS) is 13.9. The van der Waals surface area contributed by atoms with Crippen LogP contribution in [0.2, 0.25) is 0 Å². The number of aromatic carboxylic acids is 1. The summed E-state index contributed by atoms with van der Waals surface area (Å²) in [6.07, 6.45) is -3.22. The van der Waals surface area contributed by atoms with Gasteiger partial charge in [-0.05, 0) is 29.7 Å². The molecule has 1 saturated heterocycles. The van der Waals surface area contributed by atoms with Crippen LogP contribution >= 0.6 is 0 Å². The molecule has 2 N–H and O–H groups in total. The van der Waals surface area contributed by atoms with Crippen LogP contribution in [0.25, 0.3) is 0 Å². The van der Waals surface area contributed by atoms with E-state index in [-0.39, 0.29) is 42.0 Å². The first-order chi connectivity index (χ1) is 16.0. The lowest BCUT2D eigenvalue weighted by Gasteiger charge is -2.39. The average Bonchev–Trinajstić information content (AvgIpc) is 2.72. The largest absolute Gasteiger partial charge is 0.478 e. The molecule has 0 atom stereocenters. The Hall–Kier alpha value is -3.66. The highest BCUT2D eigenvalue weighted by Gasteiger charge is 2.38. The Balaban J connectivity index is 1.77. The lowest BCUT2D eigenvalue weighted by atomic mass is 9.94. The van der Waals surface area contributed by atoms with E-state index >= 15 is 0 Å². The van der Waals surface area contributed by atoms with Crippen molar-refractivity contribution in [3.8, 4) is 6.07 Å². The molecule has 180 valence electrons. The maximum atomic E-state index is 13.5. The number of alkyl halides is 2. The first-order valence-corrected chi connectivity index (χ1v) is 11.6. The molecular formula is C21H19F3N4O5S. The molecule has 34 heavy (non-hydrogen) atoms. The van der Waals surface area contributed by atoms with E-state index in [9.17, 15) is 41.5 Å². The maximum Gasteiger partial charge on any atom is 0.338 e. The van der Waals surface area contributed by atoms with E-state index in [0.717, 1.165) is 12.1 Å². The van der Waals surface area contributed by atoms with Crippen molar-refractivity contribution in [3.05, 3.63) is 58.0 Å². The van der Waals surface area contributed by atoms with Crippen molar-refractivity contribution in [2.45, 2.75) is 25.5 Å². The molecule has 0 bridgehead atoms. The second-order valence-corrected chi connectivity index (χ2v) is 9.30. The number of aromatic nitrogens is 1. The summed E-state index contributed by atoms with van der Waals surface area (Å²) in [7, 11) is -4.08. The molecule has 9 nitrogen and oxygen atoms in total. The molecule has 1 aliphatic rings. The second-order valence-electron chi connectivity index (χ2n) is 7.57. The number of halogens is 3. The standard InChI is InChI=1S/C21H19F3N4O5S/c1-2-14-15(7-25)19(26-17(18(23)24)16(14)21(30)31)28-8-12(9-28)20(29)27-34(32,33)10-11-3-5-13(22)6-4-11/h3-6,12,18H,2,8-10H2,1H3,(H,27,29)(H,30,31). The van der Waals surface area contributed by atoms with Gasteiger partial charge in [-0.2, -0.15) is 5.26 Å². The zero-order chi connectivity index (χ0) is 25.2. The summed E-state index contributed by atoms with van der Waals surface area (Å²) in [6.45, 7) is 1.29. The van der Waals surface area contributed by atoms with E-state index in [0.29, 0.717) is 0 Å². The summed E-state index contributed by atoms with van der Waals surface area (Å²) >= 11 is 0. The predicted molar refractivity (Wildman–Crippen MR) is 113 cm³/mol. The van der Waals surface area contributed by atoms with E-state index in [1.54, 1.807) is 6.07 Å². The summed E-state index contributed by atoms with van der Waals surface area (Å²) in [5, 5.41) is 18.9. The molecule has 0 unspecified atom stereocenters. The average molecular weight is 496 g/mol. The van der Waals surface area contributed by atoms with Crippen LogP contribution in [-0.4, -0.2) is 43.5 Å². The number of carbonyl (C=O) groups excluding carboxylic acids is 1. The van der Waals surface area contributed by atoms with Gasteiger partial charge in [0, 0.05) is 13.1 Å². The number of carbonyl (C=O) groups is 2. The Morgan fingerprint density at radius 1 is 1.29 bits per heavy atom. The molecule has 1 aromatic carbocycles. The molecule has 2 aromatic rings. The number of amides is 1. The number of hydrogen-bond donors (Lipinski definition) is 2. The topological polar surface area (TPSA) is 140 Å². The Morgan fingerprint density at radius 3 is 2.41 bits per heavy atom. The fourth-order valence-corrected chi connectivity index (χ4v) is 4.80. The van der Waals surface area contributed by atoms with Crippen molar-refractivity contribution < 1.29 is 36.3 Å². The molecule has 13 heteroatoms. The quantitative estimate of drug-likeness (QED) is 0.568. The monoisotopic (exact) mass is 496 g/mol. The van der Waals surface area contributed by atoms with Crippen molar-refractivity contribution in [2.24, 2.45) is 5.92 Å². The van der Waals surface area contributed by atoms with Crippen LogP contribution in [0.4, 0.5) is 19.0 Å². The number of nitrogens with one attached hydrogen (secondary N) is 1. The van der Waals surface area contributed by atoms with Gasteiger partial charge >= 0.3 is 5.97 Å². The minimum atomic E-state index is -4.08. The smallest absolute Gasteiger partial charge is 0.338 e. The van der Waals surface area contributed by atoms with Gasteiger partial charge in [-0.25, -0.2) is 31.4 Å². The third-order valence-electron chi connectivity index (χ3n) is 5.27. The van der Waals surface area contributed by atoms with Crippen LogP contribution in [-0.2, 0) is 27.0 Å². The van der Waals surface area contributed by atoms with Crippen molar-refractivity contribution in [1.82, 2.24) is 9.71 Å². The SMILES string of the molecule is CCc1c(C#N)c(N2CC(C(=O)NS(=O)(=O)Cc3ccc(F)cc3)C2)nc(C(F)F)c1C(=O)O. The first kappa shape index (κ1) is 25.0. The molecular weight excluding hydrogens is 477 g/mol. The number of benzene rings is 1. The highest BCUT2D eigenvalue weighted by molar-refractivity contribution is 7.89. The molecule has 1 aliphatic heterocycles. The summed E-state index contributed by atoms with van der Waals surface area (Å²) in [4.78, 5) is 29.0. The van der Waals surface area contributed by atoms with E-state index in [2.05, 4.69) is 4.98 Å². The summed E-state index contributed by atoms with van der Waals surface area (Å²) < 4.78 is 66.5. The lowest BCUT2D eigenvalue weighted by molar-refractivity contribution is -0.123. The number of carboxylic acids is 1. The van der Waals surface area contributed by atoms with Crippen LogP contribution in [0.15, 0.2) is 24.3 Å². The number of carboxylic acid groups (broad SMARTS) is 1. The third-order valence-corrected chi connectivity index (χ3v) is 6.50. The second kappa shape index (κ2) is 9.68. The Bertz CT molecular complexity index is 1270. The summed E-state index contributed by atoms with van der Waals surface area (Å²) in [5.74, 6) is -4.57. The maximum absolute atomic E-state index is 13.5. The number of anilines is 1. The van der Waals surface area contributed by atoms with Gasteiger partial charge in [0.1, 0.15) is 23.4 Å². The van der Waals surface area contributed by atoms with Crippen molar-refractivity contribution in [1.29, 1.82) is 5.26 Å². The van der Waals surface area contributed by atoms with Crippen LogP contribution in [0.1, 0.15) is 46.1 Å². The van der Waals surface area contributed by atoms with Crippen LogP contribution < -0.4 is 9.62 Å². The van der Waals surface area contributed by atoms with Gasteiger partial charge in [-0.15, -0.1) is 0 Å². The van der Waals surface area contributed by atoms with E-state index in [1.807, 2.05) is 4.72 Å². The highest BCUT2D eigenvalue weighted by Crippen LogP contribution is 2.34. The van der Waals surface area contributed by atoms with Crippen molar-refractivity contribution in [3.63, 3.8) is 0 Å². The van der Waals surface area contributed by atoms with Crippen LogP contribution in [0, 0.1) is 23.1 Å². The predicted octanol–water partition coefficient (Wildman–Crippen LogP) is 2.37. The highest BCUT2D eigenvalue weighted by atomic mass is 32.2. The molecule has 1 aromatic heterocycles. The minimum absolute atomic E-state index is 0.0147. The Morgan fingerprint density at radius 2 is 1.91 bits per heavy atom. The van der Waals surface area contributed by atoms with Gasteiger partial charge in [0.15, 0.2) is 0 Å². The Kier molecular flexibility index (Phi) is 7.11. The molecule has 0 aliphatic carbocycles. The van der Waals surface area contributed by atoms with Gasteiger partial charge in [0.05, 0.1) is 22.8 Å². The molecule has 3 rings (SSSR count). The molecule has 0 spiro atoms. The molecule has 2 heterocycles. The number of pyridine rings is 1. The van der Waals surface area contributed by atoms with Gasteiger partial charge in [0.2, 0.25) is 15.9 Å². The summed E-state index contributed by atoms with van der Waals surface area (Å²) in [6, 6.07) is 6.52. The van der Waals surface area contributed by atoms with Crippen LogP contribution in [0.3, 0.4) is 0 Å². The number of hydrogen-bond acceptors (Lipinski definition) is 7. The first-order valence-electron chi connectivity index (χ1n) is 9.99. The van der Waals surface area contributed by atoms with Crippen LogP contribution in [0.5, 0.6) is 0 Å². The van der Waals surface area contributed by atoms with Crippen molar-refractivity contribution >= 4 is 27.7 Å². The zero-order valence-electron chi connectivity index (χ0n) is 17.8. The number of nitrogens with zero attached hydrogens (tertiary/aromatic N) is 3. The molecule has 1 amide bonds. The number of rotatable bonds is 8. The van der Waals surface area contributed by atoms with Gasteiger partial charge in [0.25, 0.3) is 6.43 Å². The molecule has 1 fully saturated rings. The van der Waals surface area contributed by atoms with Gasteiger partial charge in [-0.1, -0.05) is 19.1 Å². The fourth-order valence-electron chi connectivity index (χ4n) is 3.63. The number of nitriles is 1. The van der Waals surface area contributed by atoms with E-state index < -0.39 is 57.1 Å². The minimum Gasteiger partial charge on any atom is -0.478 e. The lowest BCUT2D eigenvalue weighted by Crippen LogP contribution is -2.55. The van der Waals surface area contributed by atoms with Gasteiger partial charge in [-0.3, -0.25) is 9.52 Å². The summed E-state index contributed by atoms with van der Waals surface area (Å²) in [5.41, 5.74) is -1.71. The van der Waals surface area contributed by atoms with E-state index in [1.165, 1.54) is 24.0 Å². The van der Waals surface area contributed by atoms with Crippen molar-refractivity contribution in [2.75, 3.05) is 18.0 Å². The van der Waals surface area contributed by atoms with E-state index in [4.69, 9.17) is 0 Å². The third kappa shape index (κ3) is 5.12. The fraction of sp³-hybridized carbons (Fsp3) is 0.333. The molecule has 0 saturated carbocycles. The van der Waals surface area contributed by atoms with Gasteiger partial charge < -0.3 is 10.0 Å².